The highest BCUT2D eigenvalue weighted by atomic mass is 32.2. The van der Waals surface area contributed by atoms with E-state index in [1.165, 1.54) is 22.9 Å². The minimum Gasteiger partial charge on any atom is -0.355 e. The van der Waals surface area contributed by atoms with Crippen LogP contribution in [0.25, 0.3) is 17.1 Å². The van der Waals surface area contributed by atoms with E-state index in [0.29, 0.717) is 0 Å². The van der Waals surface area contributed by atoms with Gasteiger partial charge in [0, 0.05) is 24.5 Å². The molecule has 6 nitrogen and oxygen atoms in total. The van der Waals surface area contributed by atoms with Crippen molar-refractivity contribution >= 4 is 17.7 Å². The summed E-state index contributed by atoms with van der Waals surface area (Å²) in [5.41, 5.74) is 4.38. The highest BCUT2D eigenvalue weighted by Gasteiger charge is 2.26. The molecular formula is C21H23N5OS. The van der Waals surface area contributed by atoms with Crippen molar-refractivity contribution in [1.29, 1.82) is 0 Å². The van der Waals surface area contributed by atoms with Crippen molar-refractivity contribution in [1.82, 2.24) is 25.1 Å². The fraction of sp³-hybridized carbons (Fsp3) is 0.333. The van der Waals surface area contributed by atoms with Crippen LogP contribution in [0.3, 0.4) is 0 Å². The van der Waals surface area contributed by atoms with Crippen molar-refractivity contribution in [2.45, 2.75) is 43.5 Å². The lowest BCUT2D eigenvalue weighted by molar-refractivity contribution is -0.120. The fourth-order valence-electron chi connectivity index (χ4n) is 3.28. The van der Waals surface area contributed by atoms with Crippen LogP contribution in [0.1, 0.15) is 30.4 Å². The van der Waals surface area contributed by atoms with Crippen molar-refractivity contribution in [3.05, 3.63) is 53.9 Å². The lowest BCUT2D eigenvalue weighted by Gasteiger charge is -2.15. The van der Waals surface area contributed by atoms with E-state index in [2.05, 4.69) is 52.5 Å². The third-order valence-electron chi connectivity index (χ3n) is 5.05. The molecule has 1 N–H and O–H groups in total. The van der Waals surface area contributed by atoms with Crippen molar-refractivity contribution in [3.63, 3.8) is 0 Å². The smallest absolute Gasteiger partial charge is 0.233 e. The van der Waals surface area contributed by atoms with E-state index in [1.54, 1.807) is 12.4 Å². The first kappa shape index (κ1) is 18.7. The monoisotopic (exact) mass is 393 g/mol. The van der Waals surface area contributed by atoms with Crippen LogP contribution in [0.4, 0.5) is 0 Å². The Hall–Kier alpha value is -2.67. The molecule has 4 rings (SSSR count). The Labute approximate surface area is 168 Å². The summed E-state index contributed by atoms with van der Waals surface area (Å²) in [7, 11) is 0. The van der Waals surface area contributed by atoms with Crippen LogP contribution < -0.4 is 5.32 Å². The van der Waals surface area contributed by atoms with Gasteiger partial charge in [-0.25, -0.2) is 0 Å². The summed E-state index contributed by atoms with van der Waals surface area (Å²) in [4.78, 5) is 16.5. The number of thioether (sulfide) groups is 1. The number of benzene rings is 1. The molecule has 1 aliphatic heterocycles. The molecule has 7 heteroatoms. The van der Waals surface area contributed by atoms with Gasteiger partial charge >= 0.3 is 0 Å². The lowest BCUT2D eigenvalue weighted by atomic mass is 10.1. The molecule has 3 aromatic rings. The van der Waals surface area contributed by atoms with Gasteiger partial charge in [-0.3, -0.25) is 14.3 Å². The predicted molar refractivity (Wildman–Crippen MR) is 111 cm³/mol. The van der Waals surface area contributed by atoms with Gasteiger partial charge in [-0.05, 0) is 62.1 Å². The molecule has 1 fully saturated rings. The zero-order valence-electron chi connectivity index (χ0n) is 16.1. The van der Waals surface area contributed by atoms with Gasteiger partial charge in [-0.2, -0.15) is 0 Å². The Balaban J connectivity index is 1.79. The van der Waals surface area contributed by atoms with Crippen molar-refractivity contribution in [3.8, 4) is 17.1 Å². The van der Waals surface area contributed by atoms with Gasteiger partial charge in [0.05, 0.1) is 10.9 Å². The van der Waals surface area contributed by atoms with Crippen LogP contribution in [0.5, 0.6) is 0 Å². The second-order valence-electron chi connectivity index (χ2n) is 7.04. The van der Waals surface area contributed by atoms with Gasteiger partial charge in [0.1, 0.15) is 0 Å². The molecule has 0 bridgehead atoms. The molecule has 28 heavy (non-hydrogen) atoms. The molecule has 1 aromatic carbocycles. The number of nitrogens with one attached hydrogen (secondary N) is 1. The van der Waals surface area contributed by atoms with Crippen LogP contribution in [-0.2, 0) is 4.79 Å². The highest BCUT2D eigenvalue weighted by Crippen LogP contribution is 2.32. The zero-order chi connectivity index (χ0) is 19.5. The Morgan fingerprint density at radius 3 is 2.68 bits per heavy atom. The first-order valence-electron chi connectivity index (χ1n) is 9.51. The van der Waals surface area contributed by atoms with Gasteiger partial charge in [0.25, 0.3) is 0 Å². The Morgan fingerprint density at radius 2 is 1.89 bits per heavy atom. The van der Waals surface area contributed by atoms with Crippen molar-refractivity contribution in [2.75, 3.05) is 6.54 Å². The normalized spacial score (nSPS) is 17.2. The number of rotatable bonds is 4. The lowest BCUT2D eigenvalue weighted by Crippen LogP contribution is -2.30. The average molecular weight is 394 g/mol. The quantitative estimate of drug-likeness (QED) is 0.732. The number of aromatic nitrogens is 4. The number of carbonyl (C=O) groups is 1. The Bertz CT molecular complexity index is 986. The minimum absolute atomic E-state index is 0.0857. The van der Waals surface area contributed by atoms with E-state index in [9.17, 15) is 4.79 Å². The van der Waals surface area contributed by atoms with Crippen LogP contribution in [0, 0.1) is 13.8 Å². The molecule has 0 spiro atoms. The molecule has 1 unspecified atom stereocenters. The fourth-order valence-corrected chi connectivity index (χ4v) is 4.40. The second-order valence-corrected chi connectivity index (χ2v) is 8.21. The molecule has 1 saturated heterocycles. The molecule has 144 valence electrons. The van der Waals surface area contributed by atoms with Gasteiger partial charge < -0.3 is 5.32 Å². The molecule has 0 aliphatic carbocycles. The number of hydrogen-bond donors (Lipinski definition) is 1. The number of carbonyl (C=O) groups excluding carboxylic acids is 1. The van der Waals surface area contributed by atoms with E-state index in [1.807, 2.05) is 16.7 Å². The van der Waals surface area contributed by atoms with Crippen LogP contribution >= 0.6 is 11.8 Å². The third kappa shape index (κ3) is 3.80. The number of hydrogen-bond acceptors (Lipinski definition) is 5. The van der Waals surface area contributed by atoms with Crippen LogP contribution in [-0.4, -0.2) is 37.5 Å². The molecule has 0 saturated carbocycles. The summed E-state index contributed by atoms with van der Waals surface area (Å²) in [5, 5.41) is 12.5. The minimum atomic E-state index is -0.151. The molecule has 2 aromatic heterocycles. The standard InChI is InChI=1S/C21H23N5OS/c1-14-6-7-17(13-15(14)2)26-19(16-8-11-22-12-9-16)24-25-21(26)28-18-5-3-4-10-23-20(18)27/h6-9,11-13,18H,3-5,10H2,1-2H3,(H,23,27). The first-order chi connectivity index (χ1) is 13.6. The number of pyridine rings is 1. The molecule has 1 atom stereocenters. The molecule has 0 radical (unpaired) electrons. The summed E-state index contributed by atoms with van der Waals surface area (Å²) >= 11 is 1.49. The maximum atomic E-state index is 12.4. The average Bonchev–Trinajstić information content (AvgIpc) is 3.02. The van der Waals surface area contributed by atoms with Crippen molar-refractivity contribution in [2.24, 2.45) is 0 Å². The molecular weight excluding hydrogens is 370 g/mol. The van der Waals surface area contributed by atoms with Gasteiger partial charge in [-0.15, -0.1) is 10.2 Å². The first-order valence-corrected chi connectivity index (χ1v) is 10.4. The Kier molecular flexibility index (Phi) is 5.43. The summed E-state index contributed by atoms with van der Waals surface area (Å²) in [6.07, 6.45) is 6.40. The van der Waals surface area contributed by atoms with Gasteiger partial charge in [-0.1, -0.05) is 24.2 Å². The Morgan fingerprint density at radius 1 is 1.07 bits per heavy atom. The van der Waals surface area contributed by atoms with Crippen LogP contribution in [0.15, 0.2) is 47.9 Å². The molecule has 1 aliphatic rings. The zero-order valence-corrected chi connectivity index (χ0v) is 16.9. The maximum absolute atomic E-state index is 12.4. The maximum Gasteiger partial charge on any atom is 0.233 e. The number of amides is 1. The summed E-state index contributed by atoms with van der Waals surface area (Å²) < 4.78 is 2.05. The largest absolute Gasteiger partial charge is 0.355 e. The van der Waals surface area contributed by atoms with E-state index in [-0.39, 0.29) is 11.2 Å². The predicted octanol–water partition coefficient (Wildman–Crippen LogP) is 3.71. The van der Waals surface area contributed by atoms with E-state index >= 15 is 0 Å². The summed E-state index contributed by atoms with van der Waals surface area (Å²) in [6, 6.07) is 10.2. The second kappa shape index (κ2) is 8.14. The van der Waals surface area contributed by atoms with Crippen LogP contribution in [0.2, 0.25) is 0 Å². The van der Waals surface area contributed by atoms with E-state index in [4.69, 9.17) is 0 Å². The summed E-state index contributed by atoms with van der Waals surface area (Å²) in [6.45, 7) is 4.95. The number of nitrogens with zero attached hydrogens (tertiary/aromatic N) is 4. The van der Waals surface area contributed by atoms with Crippen molar-refractivity contribution < 1.29 is 4.79 Å². The van der Waals surface area contributed by atoms with E-state index in [0.717, 1.165) is 48.0 Å². The summed E-state index contributed by atoms with van der Waals surface area (Å²) in [5.74, 6) is 0.838. The van der Waals surface area contributed by atoms with Gasteiger partial charge in [0.15, 0.2) is 11.0 Å². The SMILES string of the molecule is Cc1ccc(-n2c(SC3CCCCNC3=O)nnc2-c2ccncc2)cc1C. The van der Waals surface area contributed by atoms with Gasteiger partial charge in [0.2, 0.25) is 5.91 Å². The van der Waals surface area contributed by atoms with E-state index < -0.39 is 0 Å². The molecule has 1 amide bonds. The molecule has 3 heterocycles. The highest BCUT2D eigenvalue weighted by molar-refractivity contribution is 8.00. The third-order valence-corrected chi connectivity index (χ3v) is 6.26. The number of aryl methyl sites for hydroxylation is 2. The topological polar surface area (TPSA) is 72.7 Å².